The van der Waals surface area contributed by atoms with Crippen LogP contribution in [0.3, 0.4) is 0 Å². The van der Waals surface area contributed by atoms with Crippen molar-refractivity contribution in [3.05, 3.63) is 0 Å². The van der Waals surface area contributed by atoms with Gasteiger partial charge in [0.1, 0.15) is 0 Å². The first-order chi connectivity index (χ1) is 10.00. The summed E-state index contributed by atoms with van der Waals surface area (Å²) in [5.74, 6) is -1.24. The Labute approximate surface area is 125 Å². The molecular weight excluding hydrogens is 296 g/mol. The third kappa shape index (κ3) is 2.81. The van der Waals surface area contributed by atoms with Crippen LogP contribution < -0.4 is 0 Å². The molecule has 0 spiro atoms. The molecule has 1 N–H and O–H groups in total. The van der Waals surface area contributed by atoms with Crippen molar-refractivity contribution < 1.29 is 23.1 Å². The Balaban J connectivity index is 1.70. The minimum atomic E-state index is -3.49. The Hall–Kier alpha value is -0.700. The van der Waals surface area contributed by atoms with Crippen LogP contribution in [0.25, 0.3) is 0 Å². The first-order valence-corrected chi connectivity index (χ1v) is 9.01. The quantitative estimate of drug-likeness (QED) is 0.808. The summed E-state index contributed by atoms with van der Waals surface area (Å²) in [6.07, 6.45) is 3.61. The van der Waals surface area contributed by atoms with Crippen LogP contribution in [0, 0.1) is 5.92 Å². The lowest BCUT2D eigenvalue weighted by molar-refractivity contribution is -0.142. The summed E-state index contributed by atoms with van der Waals surface area (Å²) in [7, 11) is -3.49. The number of hydrogen-bond acceptors (Lipinski definition) is 4. The van der Waals surface area contributed by atoms with E-state index in [-0.39, 0.29) is 12.1 Å². The molecule has 3 fully saturated rings. The number of fused-ring (bicyclic) bond motifs is 1. The van der Waals surface area contributed by atoms with Crippen LogP contribution in [0.2, 0.25) is 0 Å². The van der Waals surface area contributed by atoms with Crippen molar-refractivity contribution in [1.29, 1.82) is 0 Å². The van der Waals surface area contributed by atoms with Crippen LogP contribution >= 0.6 is 0 Å². The summed E-state index contributed by atoms with van der Waals surface area (Å²) in [6.45, 7) is 1.45. The van der Waals surface area contributed by atoms with Gasteiger partial charge in [-0.25, -0.2) is 0 Å². The molecule has 2 saturated heterocycles. The largest absolute Gasteiger partial charge is 0.481 e. The summed E-state index contributed by atoms with van der Waals surface area (Å²) in [5, 5.41) is 9.00. The molecule has 0 aromatic heterocycles. The predicted molar refractivity (Wildman–Crippen MR) is 74.9 cm³/mol. The van der Waals surface area contributed by atoms with Gasteiger partial charge in [0.15, 0.2) is 0 Å². The lowest BCUT2D eigenvalue weighted by Crippen LogP contribution is -2.56. The van der Waals surface area contributed by atoms with E-state index in [1.807, 2.05) is 0 Å². The van der Waals surface area contributed by atoms with Crippen LogP contribution in [0.1, 0.15) is 32.1 Å². The predicted octanol–water partition coefficient (Wildman–Crippen LogP) is 0.281. The fraction of sp³-hybridized carbons (Fsp3) is 0.923. The van der Waals surface area contributed by atoms with Crippen molar-refractivity contribution in [2.45, 2.75) is 44.2 Å². The zero-order valence-electron chi connectivity index (χ0n) is 12.0. The zero-order valence-corrected chi connectivity index (χ0v) is 12.8. The Morgan fingerprint density at radius 2 is 1.81 bits per heavy atom. The molecular formula is C13H22N2O5S. The standard InChI is InChI=1S/C13H22N2O5S/c16-13(17)10-4-6-14(7-5-10)21(18,19)15-8-9-20-12-3-1-2-11(12)15/h10-12H,1-9H2,(H,16,17)/t11-,12+/m0/s1. The Morgan fingerprint density at radius 3 is 2.48 bits per heavy atom. The van der Waals surface area contributed by atoms with E-state index in [0.717, 1.165) is 19.3 Å². The van der Waals surface area contributed by atoms with Crippen LogP contribution in [-0.4, -0.2) is 66.5 Å². The second kappa shape index (κ2) is 5.83. The summed E-state index contributed by atoms with van der Waals surface area (Å²) in [4.78, 5) is 11.0. The van der Waals surface area contributed by atoms with Crippen LogP contribution in [0.4, 0.5) is 0 Å². The number of aliphatic carboxylic acids is 1. The number of rotatable bonds is 3. The smallest absolute Gasteiger partial charge is 0.306 e. The van der Waals surface area contributed by atoms with Gasteiger partial charge in [0.2, 0.25) is 0 Å². The maximum Gasteiger partial charge on any atom is 0.306 e. The highest BCUT2D eigenvalue weighted by atomic mass is 32.2. The average molecular weight is 318 g/mol. The average Bonchev–Trinajstić information content (AvgIpc) is 2.95. The van der Waals surface area contributed by atoms with Crippen molar-refractivity contribution in [2.24, 2.45) is 5.92 Å². The number of hydrogen-bond donors (Lipinski definition) is 1. The van der Waals surface area contributed by atoms with E-state index in [0.29, 0.717) is 39.1 Å². The first kappa shape index (κ1) is 15.2. The SMILES string of the molecule is O=C(O)C1CCN(S(=O)(=O)N2CCO[C@@H]3CCC[C@@H]32)CC1. The maximum absolute atomic E-state index is 12.8. The minimum absolute atomic E-state index is 0.0325. The highest BCUT2D eigenvalue weighted by molar-refractivity contribution is 7.86. The molecule has 120 valence electrons. The van der Waals surface area contributed by atoms with Crippen molar-refractivity contribution in [2.75, 3.05) is 26.2 Å². The highest BCUT2D eigenvalue weighted by Crippen LogP contribution is 2.33. The lowest BCUT2D eigenvalue weighted by atomic mass is 9.99. The van der Waals surface area contributed by atoms with Crippen molar-refractivity contribution >= 4 is 16.2 Å². The number of carbonyl (C=O) groups is 1. The fourth-order valence-electron chi connectivity index (χ4n) is 3.66. The van der Waals surface area contributed by atoms with E-state index in [1.165, 1.54) is 4.31 Å². The molecule has 21 heavy (non-hydrogen) atoms. The molecule has 1 aliphatic carbocycles. The Bertz CT molecular complexity index is 501. The van der Waals surface area contributed by atoms with Gasteiger partial charge < -0.3 is 9.84 Å². The minimum Gasteiger partial charge on any atom is -0.481 e. The molecule has 0 amide bonds. The second-order valence-electron chi connectivity index (χ2n) is 6.04. The topological polar surface area (TPSA) is 87.2 Å². The number of piperidine rings is 1. The number of carboxylic acid groups (broad SMARTS) is 1. The van der Waals surface area contributed by atoms with E-state index in [4.69, 9.17) is 9.84 Å². The summed E-state index contributed by atoms with van der Waals surface area (Å²) >= 11 is 0. The van der Waals surface area contributed by atoms with Gasteiger partial charge >= 0.3 is 5.97 Å². The van der Waals surface area contributed by atoms with E-state index in [1.54, 1.807) is 4.31 Å². The van der Waals surface area contributed by atoms with Crippen molar-refractivity contribution in [3.8, 4) is 0 Å². The molecule has 0 aromatic rings. The number of carboxylic acids is 1. The molecule has 2 aliphatic heterocycles. The van der Waals surface area contributed by atoms with Gasteiger partial charge in [0.05, 0.1) is 24.7 Å². The van der Waals surface area contributed by atoms with Gasteiger partial charge in [-0.3, -0.25) is 4.79 Å². The molecule has 0 radical (unpaired) electrons. The molecule has 0 aromatic carbocycles. The van der Waals surface area contributed by atoms with Gasteiger partial charge in [-0.15, -0.1) is 0 Å². The lowest BCUT2D eigenvalue weighted by Gasteiger charge is -2.40. The summed E-state index contributed by atoms with van der Waals surface area (Å²) < 4.78 is 34.3. The van der Waals surface area contributed by atoms with Crippen molar-refractivity contribution in [3.63, 3.8) is 0 Å². The van der Waals surface area contributed by atoms with E-state index >= 15 is 0 Å². The number of nitrogens with zero attached hydrogens (tertiary/aromatic N) is 2. The summed E-state index contributed by atoms with van der Waals surface area (Å²) in [5.41, 5.74) is 0. The Kier molecular flexibility index (Phi) is 4.22. The second-order valence-corrected chi connectivity index (χ2v) is 7.92. The maximum atomic E-state index is 12.8. The van der Waals surface area contributed by atoms with E-state index < -0.39 is 22.1 Å². The van der Waals surface area contributed by atoms with Crippen LogP contribution in [0.15, 0.2) is 0 Å². The molecule has 0 unspecified atom stereocenters. The molecule has 2 atom stereocenters. The third-order valence-electron chi connectivity index (χ3n) is 4.86. The number of morpholine rings is 1. The molecule has 3 rings (SSSR count). The van der Waals surface area contributed by atoms with Gasteiger partial charge in [-0.2, -0.15) is 17.0 Å². The van der Waals surface area contributed by atoms with Crippen LogP contribution in [0.5, 0.6) is 0 Å². The molecule has 1 saturated carbocycles. The van der Waals surface area contributed by atoms with E-state index in [2.05, 4.69) is 0 Å². The normalized spacial score (nSPS) is 33.0. The third-order valence-corrected chi connectivity index (χ3v) is 6.92. The van der Waals surface area contributed by atoms with Gasteiger partial charge in [0.25, 0.3) is 10.2 Å². The monoisotopic (exact) mass is 318 g/mol. The van der Waals surface area contributed by atoms with E-state index in [9.17, 15) is 13.2 Å². The molecule has 7 nitrogen and oxygen atoms in total. The van der Waals surface area contributed by atoms with Crippen molar-refractivity contribution in [1.82, 2.24) is 8.61 Å². The zero-order chi connectivity index (χ0) is 15.0. The summed E-state index contributed by atoms with van der Waals surface area (Å²) in [6, 6.07) is -0.0408. The number of ether oxygens (including phenoxy) is 1. The first-order valence-electron chi connectivity index (χ1n) is 7.61. The van der Waals surface area contributed by atoms with Gasteiger partial charge in [0, 0.05) is 19.6 Å². The Morgan fingerprint density at radius 1 is 1.10 bits per heavy atom. The molecule has 8 heteroatoms. The molecule has 3 aliphatic rings. The molecule has 2 heterocycles. The van der Waals surface area contributed by atoms with Crippen LogP contribution in [-0.2, 0) is 19.7 Å². The van der Waals surface area contributed by atoms with Gasteiger partial charge in [-0.1, -0.05) is 0 Å². The fourth-order valence-corrected chi connectivity index (χ4v) is 5.52. The van der Waals surface area contributed by atoms with Gasteiger partial charge in [-0.05, 0) is 32.1 Å². The highest BCUT2D eigenvalue weighted by Gasteiger charge is 2.44. The molecule has 0 bridgehead atoms.